The Bertz CT molecular complexity index is 805. The quantitative estimate of drug-likeness (QED) is 0.929. The Kier molecular flexibility index (Phi) is 5.16. The van der Waals surface area contributed by atoms with Crippen molar-refractivity contribution >= 4 is 17.3 Å². The number of rotatable bonds is 4. The van der Waals surface area contributed by atoms with Crippen LogP contribution in [0.4, 0.5) is 11.4 Å². The van der Waals surface area contributed by atoms with Crippen molar-refractivity contribution in [3.63, 3.8) is 0 Å². The highest BCUT2D eigenvalue weighted by Gasteiger charge is 2.21. The minimum absolute atomic E-state index is 0.147. The van der Waals surface area contributed by atoms with E-state index in [1.165, 1.54) is 11.1 Å². The maximum Gasteiger partial charge on any atom is 0.292 e. The van der Waals surface area contributed by atoms with Gasteiger partial charge in [-0.05, 0) is 45.2 Å². The van der Waals surface area contributed by atoms with Gasteiger partial charge < -0.3 is 10.2 Å². The van der Waals surface area contributed by atoms with Gasteiger partial charge in [0, 0.05) is 25.2 Å². The zero-order valence-corrected chi connectivity index (χ0v) is 14.8. The van der Waals surface area contributed by atoms with Crippen LogP contribution in [0.25, 0.3) is 0 Å². The van der Waals surface area contributed by atoms with Gasteiger partial charge >= 0.3 is 0 Å². The molecule has 0 atom stereocenters. The van der Waals surface area contributed by atoms with Crippen LogP contribution in [-0.4, -0.2) is 28.8 Å². The Balaban J connectivity index is 1.94. The summed E-state index contributed by atoms with van der Waals surface area (Å²) in [5.41, 5.74) is 2.55. The van der Waals surface area contributed by atoms with Crippen LogP contribution >= 0.6 is 0 Å². The third kappa shape index (κ3) is 3.73. The van der Waals surface area contributed by atoms with Crippen LogP contribution in [0.15, 0.2) is 35.3 Å². The Morgan fingerprint density at radius 1 is 1.16 bits per heavy atom. The molecule has 2 heterocycles. The minimum Gasteiger partial charge on any atom is -0.365 e. The average molecular weight is 340 g/mol. The maximum absolute atomic E-state index is 12.8. The predicted octanol–water partition coefficient (Wildman–Crippen LogP) is 2.81. The first-order valence-electron chi connectivity index (χ1n) is 8.83. The molecular formula is C19H24N4O2. The van der Waals surface area contributed by atoms with E-state index in [4.69, 9.17) is 0 Å². The smallest absolute Gasteiger partial charge is 0.292 e. The fourth-order valence-corrected chi connectivity index (χ4v) is 3.12. The van der Waals surface area contributed by atoms with E-state index in [-0.39, 0.29) is 11.5 Å². The van der Waals surface area contributed by atoms with Gasteiger partial charge in [-0.25, -0.2) is 4.68 Å². The van der Waals surface area contributed by atoms with Crippen LogP contribution in [0, 0.1) is 6.92 Å². The summed E-state index contributed by atoms with van der Waals surface area (Å²) in [5, 5.41) is 7.06. The van der Waals surface area contributed by atoms with Crippen molar-refractivity contribution in [2.24, 2.45) is 0 Å². The summed E-state index contributed by atoms with van der Waals surface area (Å²) in [6.45, 7) is 6.03. The normalized spacial score (nSPS) is 14.4. The van der Waals surface area contributed by atoms with Crippen molar-refractivity contribution in [3.8, 4) is 0 Å². The highest BCUT2D eigenvalue weighted by molar-refractivity contribution is 6.05. The predicted molar refractivity (Wildman–Crippen MR) is 99.4 cm³/mol. The van der Waals surface area contributed by atoms with Gasteiger partial charge in [0.05, 0.1) is 11.9 Å². The van der Waals surface area contributed by atoms with E-state index in [2.05, 4.69) is 15.3 Å². The number of nitrogens with zero attached hydrogens (tertiary/aromatic N) is 3. The third-order valence-corrected chi connectivity index (χ3v) is 4.55. The average Bonchev–Trinajstić information content (AvgIpc) is 2.63. The SMILES string of the molecule is CCn1ncc(NC(=O)c2ccc(C)cc2)c(N2CCCCC2)c1=O. The molecule has 3 rings (SSSR count). The van der Waals surface area contributed by atoms with Crippen LogP contribution in [0.1, 0.15) is 42.1 Å². The number of anilines is 2. The first kappa shape index (κ1) is 17.2. The first-order valence-corrected chi connectivity index (χ1v) is 8.83. The molecule has 1 aromatic carbocycles. The number of hydrogen-bond acceptors (Lipinski definition) is 4. The Labute approximate surface area is 147 Å². The molecule has 2 aromatic rings. The second kappa shape index (κ2) is 7.51. The fourth-order valence-electron chi connectivity index (χ4n) is 3.12. The number of aromatic nitrogens is 2. The van der Waals surface area contributed by atoms with Crippen LogP contribution < -0.4 is 15.8 Å². The Morgan fingerprint density at radius 3 is 2.48 bits per heavy atom. The lowest BCUT2D eigenvalue weighted by atomic mass is 10.1. The van der Waals surface area contributed by atoms with Crippen molar-refractivity contribution in [2.75, 3.05) is 23.3 Å². The molecule has 6 heteroatoms. The summed E-state index contributed by atoms with van der Waals surface area (Å²) >= 11 is 0. The number of hydrogen-bond donors (Lipinski definition) is 1. The minimum atomic E-state index is -0.228. The van der Waals surface area contributed by atoms with E-state index in [0.717, 1.165) is 31.5 Å². The second-order valence-corrected chi connectivity index (χ2v) is 6.40. The highest BCUT2D eigenvalue weighted by Crippen LogP contribution is 2.24. The molecule has 1 fully saturated rings. The van der Waals surface area contributed by atoms with E-state index in [1.54, 1.807) is 18.3 Å². The van der Waals surface area contributed by atoms with E-state index >= 15 is 0 Å². The summed E-state index contributed by atoms with van der Waals surface area (Å²) in [6.07, 6.45) is 4.87. The topological polar surface area (TPSA) is 67.2 Å². The van der Waals surface area contributed by atoms with E-state index < -0.39 is 0 Å². The summed E-state index contributed by atoms with van der Waals surface area (Å²) in [4.78, 5) is 27.4. The summed E-state index contributed by atoms with van der Waals surface area (Å²) < 4.78 is 1.44. The molecule has 132 valence electrons. The van der Waals surface area contributed by atoms with Gasteiger partial charge in [-0.15, -0.1) is 0 Å². The molecule has 0 spiro atoms. The van der Waals surface area contributed by atoms with Crippen LogP contribution in [-0.2, 0) is 6.54 Å². The van der Waals surface area contributed by atoms with Crippen LogP contribution in [0.5, 0.6) is 0 Å². The second-order valence-electron chi connectivity index (χ2n) is 6.40. The molecule has 0 aliphatic carbocycles. The molecule has 1 aliphatic rings. The van der Waals surface area contributed by atoms with Gasteiger partial charge in [0.1, 0.15) is 5.69 Å². The van der Waals surface area contributed by atoms with Crippen molar-refractivity contribution in [1.29, 1.82) is 0 Å². The molecule has 1 aromatic heterocycles. The van der Waals surface area contributed by atoms with Crippen molar-refractivity contribution in [3.05, 3.63) is 51.9 Å². The summed E-state index contributed by atoms with van der Waals surface area (Å²) in [7, 11) is 0. The molecule has 1 saturated heterocycles. The molecule has 1 amide bonds. The lowest BCUT2D eigenvalue weighted by molar-refractivity contribution is 0.102. The Morgan fingerprint density at radius 2 is 1.84 bits per heavy atom. The maximum atomic E-state index is 12.8. The number of piperidine rings is 1. The molecule has 0 saturated carbocycles. The summed E-state index contributed by atoms with van der Waals surface area (Å²) in [5.74, 6) is -0.228. The van der Waals surface area contributed by atoms with E-state index in [1.807, 2.05) is 26.0 Å². The number of amides is 1. The fraction of sp³-hybridized carbons (Fsp3) is 0.421. The molecule has 1 N–H and O–H groups in total. The summed E-state index contributed by atoms with van der Waals surface area (Å²) in [6, 6.07) is 7.36. The molecule has 0 radical (unpaired) electrons. The highest BCUT2D eigenvalue weighted by atomic mass is 16.2. The van der Waals surface area contributed by atoms with Gasteiger partial charge in [-0.1, -0.05) is 17.7 Å². The zero-order chi connectivity index (χ0) is 17.8. The lowest BCUT2D eigenvalue weighted by Crippen LogP contribution is -2.37. The van der Waals surface area contributed by atoms with Crippen molar-refractivity contribution in [1.82, 2.24) is 9.78 Å². The van der Waals surface area contributed by atoms with E-state index in [9.17, 15) is 9.59 Å². The number of carbonyl (C=O) groups is 1. The molecular weight excluding hydrogens is 316 g/mol. The van der Waals surface area contributed by atoms with Crippen LogP contribution in [0.2, 0.25) is 0 Å². The molecule has 1 aliphatic heterocycles. The zero-order valence-electron chi connectivity index (χ0n) is 14.8. The van der Waals surface area contributed by atoms with Gasteiger partial charge in [0.15, 0.2) is 0 Å². The van der Waals surface area contributed by atoms with Gasteiger partial charge in [-0.2, -0.15) is 5.10 Å². The van der Waals surface area contributed by atoms with Crippen molar-refractivity contribution < 1.29 is 4.79 Å². The molecule has 25 heavy (non-hydrogen) atoms. The van der Waals surface area contributed by atoms with Crippen molar-refractivity contribution in [2.45, 2.75) is 39.7 Å². The van der Waals surface area contributed by atoms with Crippen LogP contribution in [0.3, 0.4) is 0 Å². The molecule has 0 unspecified atom stereocenters. The number of aryl methyl sites for hydroxylation is 2. The number of nitrogens with one attached hydrogen (secondary N) is 1. The number of benzene rings is 1. The Hall–Kier alpha value is -2.63. The van der Waals surface area contributed by atoms with Gasteiger partial charge in [-0.3, -0.25) is 9.59 Å². The third-order valence-electron chi connectivity index (χ3n) is 4.55. The number of carbonyl (C=O) groups excluding carboxylic acids is 1. The standard InChI is InChI=1S/C19H24N4O2/c1-3-23-19(25)17(22-11-5-4-6-12-22)16(13-20-23)21-18(24)15-9-7-14(2)8-10-15/h7-10,13H,3-6,11-12H2,1-2H3,(H,21,24). The first-order chi connectivity index (χ1) is 12.1. The van der Waals surface area contributed by atoms with Gasteiger partial charge in [0.2, 0.25) is 0 Å². The van der Waals surface area contributed by atoms with E-state index in [0.29, 0.717) is 23.5 Å². The lowest BCUT2D eigenvalue weighted by Gasteiger charge is -2.29. The largest absolute Gasteiger partial charge is 0.365 e. The van der Waals surface area contributed by atoms with Gasteiger partial charge in [0.25, 0.3) is 11.5 Å². The molecule has 0 bridgehead atoms. The monoisotopic (exact) mass is 340 g/mol. The molecule has 6 nitrogen and oxygen atoms in total.